The third kappa shape index (κ3) is 6.42. The fourth-order valence-corrected chi connectivity index (χ4v) is 4.32. The highest BCUT2D eigenvalue weighted by molar-refractivity contribution is 5.88. The van der Waals surface area contributed by atoms with Gasteiger partial charge in [-0.3, -0.25) is 0 Å². The second-order valence-corrected chi connectivity index (χ2v) is 8.76. The Morgan fingerprint density at radius 3 is 2.44 bits per heavy atom. The Morgan fingerprint density at radius 1 is 0.853 bits per heavy atom. The molecule has 1 saturated heterocycles. The summed E-state index contributed by atoms with van der Waals surface area (Å²) in [6.07, 6.45) is 3.57. The van der Waals surface area contributed by atoms with E-state index in [1.165, 1.54) is 45.6 Å². The maximum atomic E-state index is 6.02. The van der Waals surface area contributed by atoms with E-state index >= 15 is 0 Å². The summed E-state index contributed by atoms with van der Waals surface area (Å²) < 4.78 is 11.9. The van der Waals surface area contributed by atoms with E-state index in [2.05, 4.69) is 58.2 Å². The van der Waals surface area contributed by atoms with Crippen LogP contribution in [0.4, 0.5) is 0 Å². The van der Waals surface area contributed by atoms with Gasteiger partial charge in [-0.2, -0.15) is 0 Å². The number of piperazine rings is 1. The summed E-state index contributed by atoms with van der Waals surface area (Å²) in [4.78, 5) is 9.60. The van der Waals surface area contributed by atoms with Crippen molar-refractivity contribution in [3.63, 3.8) is 0 Å². The molecule has 7 heteroatoms. The predicted octanol–water partition coefficient (Wildman–Crippen LogP) is 6.29. The third-order valence-corrected chi connectivity index (χ3v) is 6.34. The van der Waals surface area contributed by atoms with Crippen LogP contribution in [0, 0.1) is 0 Å². The molecule has 0 bridgehead atoms. The maximum Gasteiger partial charge on any atom is 0.227 e. The highest BCUT2D eigenvalue weighted by Gasteiger charge is 2.12. The van der Waals surface area contributed by atoms with Crippen molar-refractivity contribution in [1.29, 1.82) is 0 Å². The van der Waals surface area contributed by atoms with Gasteiger partial charge in [0.2, 0.25) is 5.89 Å². The molecule has 4 aromatic rings. The van der Waals surface area contributed by atoms with E-state index in [4.69, 9.17) is 9.15 Å². The average Bonchev–Trinajstić information content (AvgIpc) is 3.26. The summed E-state index contributed by atoms with van der Waals surface area (Å²) >= 11 is 0. The number of benzene rings is 3. The molecular weight excluding hydrogens is 469 g/mol. The molecule has 1 aliphatic rings. The zero-order valence-electron chi connectivity index (χ0n) is 19.6. The van der Waals surface area contributed by atoms with E-state index in [9.17, 15) is 0 Å². The summed E-state index contributed by atoms with van der Waals surface area (Å²) in [5.74, 6) is 1.59. The summed E-state index contributed by atoms with van der Waals surface area (Å²) in [5.41, 5.74) is 2.69. The largest absolute Gasteiger partial charge is 0.494 e. The maximum absolute atomic E-state index is 6.02. The fourth-order valence-electron chi connectivity index (χ4n) is 4.32. The summed E-state index contributed by atoms with van der Waals surface area (Å²) in [7, 11) is 2.21. The van der Waals surface area contributed by atoms with Gasteiger partial charge < -0.3 is 19.0 Å². The zero-order chi connectivity index (χ0) is 21.8. The van der Waals surface area contributed by atoms with Crippen LogP contribution in [0.1, 0.15) is 19.3 Å². The van der Waals surface area contributed by atoms with Gasteiger partial charge in [0.1, 0.15) is 11.3 Å². The number of ether oxygens (including phenoxy) is 1. The lowest BCUT2D eigenvalue weighted by atomic mass is 10.1. The molecule has 1 aromatic heterocycles. The number of hydrogen-bond donors (Lipinski definition) is 0. The monoisotopic (exact) mass is 501 g/mol. The van der Waals surface area contributed by atoms with Crippen molar-refractivity contribution in [2.24, 2.45) is 0 Å². The normalized spacial score (nSPS) is 14.6. The van der Waals surface area contributed by atoms with Crippen LogP contribution in [0.2, 0.25) is 0 Å². The Labute approximate surface area is 213 Å². The molecule has 1 fully saturated rings. The number of hydrogen-bond acceptors (Lipinski definition) is 5. The topological polar surface area (TPSA) is 41.7 Å². The Kier molecular flexibility index (Phi) is 9.60. The van der Waals surface area contributed by atoms with E-state index in [1.54, 1.807) is 0 Å². The Morgan fingerprint density at radius 2 is 1.62 bits per heavy atom. The van der Waals surface area contributed by atoms with Gasteiger partial charge in [0.25, 0.3) is 0 Å². The molecule has 0 saturated carbocycles. The van der Waals surface area contributed by atoms with Crippen LogP contribution in [-0.2, 0) is 0 Å². The minimum atomic E-state index is 0. The van der Waals surface area contributed by atoms with Crippen LogP contribution in [0.15, 0.2) is 65.1 Å². The van der Waals surface area contributed by atoms with Crippen molar-refractivity contribution in [3.05, 3.63) is 60.7 Å². The summed E-state index contributed by atoms with van der Waals surface area (Å²) in [6.45, 7) is 6.79. The molecule has 0 radical (unpaired) electrons. The molecule has 2 heterocycles. The van der Waals surface area contributed by atoms with Gasteiger partial charge in [0, 0.05) is 31.7 Å². The Hall–Kier alpha value is -2.31. The second-order valence-electron chi connectivity index (χ2n) is 8.76. The Bertz CT molecular complexity index is 1160. The second kappa shape index (κ2) is 12.4. The van der Waals surface area contributed by atoms with Crippen molar-refractivity contribution >= 4 is 46.7 Å². The first-order valence-electron chi connectivity index (χ1n) is 11.7. The zero-order valence-corrected chi connectivity index (χ0v) is 21.2. The van der Waals surface area contributed by atoms with Gasteiger partial charge in [-0.25, -0.2) is 4.98 Å². The number of likely N-dealkylation sites (N-methyl/N-ethyl adjacent to an activating group) is 1. The molecule has 0 spiro atoms. The van der Waals surface area contributed by atoms with E-state index in [0.717, 1.165) is 46.2 Å². The lowest BCUT2D eigenvalue weighted by Gasteiger charge is -2.32. The molecule has 182 valence electrons. The van der Waals surface area contributed by atoms with E-state index in [-0.39, 0.29) is 24.8 Å². The number of oxazole rings is 1. The minimum Gasteiger partial charge on any atom is -0.494 e. The molecule has 34 heavy (non-hydrogen) atoms. The standard InChI is InChI=1S/C27H31N3O2.2ClH/c1-29-14-16-30(17-15-29)13-5-2-6-18-31-24-12-11-21-19-23(10-9-22(21)20-24)27-28-25-7-3-4-8-26(25)32-27;;/h3-4,7-12,19-20H,2,5-6,13-18H2,1H3;2*1H. The van der Waals surface area contributed by atoms with E-state index in [1.807, 2.05) is 24.3 Å². The summed E-state index contributed by atoms with van der Waals surface area (Å²) in [6, 6.07) is 20.5. The van der Waals surface area contributed by atoms with Crippen molar-refractivity contribution in [2.75, 3.05) is 46.4 Å². The fraction of sp³-hybridized carbons (Fsp3) is 0.370. The highest BCUT2D eigenvalue weighted by atomic mass is 35.5. The third-order valence-electron chi connectivity index (χ3n) is 6.34. The van der Waals surface area contributed by atoms with Gasteiger partial charge in [-0.05, 0) is 80.0 Å². The van der Waals surface area contributed by atoms with Crippen molar-refractivity contribution in [2.45, 2.75) is 19.3 Å². The predicted molar refractivity (Wildman–Crippen MR) is 145 cm³/mol. The van der Waals surface area contributed by atoms with Crippen LogP contribution >= 0.6 is 24.8 Å². The van der Waals surface area contributed by atoms with E-state index in [0.29, 0.717) is 5.89 Å². The van der Waals surface area contributed by atoms with Gasteiger partial charge in [0.05, 0.1) is 6.61 Å². The molecule has 0 unspecified atom stereocenters. The SMILES string of the molecule is CN1CCN(CCCCCOc2ccc3cc(-c4nc5ccccc5o4)ccc3c2)CC1.Cl.Cl. The Balaban J connectivity index is 0.00000162. The number of halogens is 2. The minimum absolute atomic E-state index is 0. The molecule has 3 aromatic carbocycles. The van der Waals surface area contributed by atoms with Crippen LogP contribution in [0.25, 0.3) is 33.3 Å². The van der Waals surface area contributed by atoms with Crippen molar-refractivity contribution in [3.8, 4) is 17.2 Å². The molecule has 0 atom stereocenters. The smallest absolute Gasteiger partial charge is 0.227 e. The lowest BCUT2D eigenvalue weighted by molar-refractivity contribution is 0.151. The summed E-state index contributed by atoms with van der Waals surface area (Å²) in [5, 5.41) is 2.32. The van der Waals surface area contributed by atoms with Gasteiger partial charge in [0.15, 0.2) is 5.58 Å². The number of aromatic nitrogens is 1. The van der Waals surface area contributed by atoms with E-state index < -0.39 is 0 Å². The van der Waals surface area contributed by atoms with Crippen LogP contribution in [0.5, 0.6) is 5.75 Å². The van der Waals surface area contributed by atoms with Crippen molar-refractivity contribution in [1.82, 2.24) is 14.8 Å². The number of nitrogens with zero attached hydrogens (tertiary/aromatic N) is 3. The first kappa shape index (κ1) is 26.3. The average molecular weight is 502 g/mol. The molecule has 5 nitrogen and oxygen atoms in total. The molecular formula is C27H33Cl2N3O2. The molecule has 0 amide bonds. The van der Waals surface area contributed by atoms with Crippen LogP contribution in [0.3, 0.4) is 0 Å². The number of rotatable bonds is 8. The first-order valence-corrected chi connectivity index (χ1v) is 11.7. The van der Waals surface area contributed by atoms with Gasteiger partial charge in [-0.1, -0.05) is 24.3 Å². The lowest BCUT2D eigenvalue weighted by Crippen LogP contribution is -2.44. The molecule has 0 aliphatic carbocycles. The quantitative estimate of drug-likeness (QED) is 0.265. The number of para-hydroxylation sites is 2. The number of unbranched alkanes of at least 4 members (excludes halogenated alkanes) is 2. The van der Waals surface area contributed by atoms with Crippen molar-refractivity contribution < 1.29 is 9.15 Å². The number of fused-ring (bicyclic) bond motifs is 2. The molecule has 5 rings (SSSR count). The van der Waals surface area contributed by atoms with Gasteiger partial charge in [-0.15, -0.1) is 24.8 Å². The van der Waals surface area contributed by atoms with Gasteiger partial charge >= 0.3 is 0 Å². The van der Waals surface area contributed by atoms with Crippen LogP contribution in [-0.4, -0.2) is 61.2 Å². The molecule has 0 N–H and O–H groups in total. The first-order chi connectivity index (χ1) is 15.7. The van der Waals surface area contributed by atoms with Crippen LogP contribution < -0.4 is 4.74 Å². The molecule has 1 aliphatic heterocycles. The highest BCUT2D eigenvalue weighted by Crippen LogP contribution is 2.29.